The van der Waals surface area contributed by atoms with E-state index < -0.39 is 4.92 Å². The number of carbonyl (C=O) groups is 1. The monoisotopic (exact) mass is 445 g/mol. The molecule has 1 amide bonds. The molecule has 0 bridgehead atoms. The van der Waals surface area contributed by atoms with E-state index in [1.54, 1.807) is 18.2 Å². The standard InChI is InChI=1S/C25H23N3O5/c1-25(2,3)17-6-4-16(5-7-17)24-27-21-14-18(8-13-22(21)33-24)26-23(29)15-32-20-11-9-19(10-12-20)28(30)31/h4-14H,15H2,1-3H3,(H,26,29). The molecule has 8 heteroatoms. The summed E-state index contributed by atoms with van der Waals surface area (Å²) in [7, 11) is 0. The maximum Gasteiger partial charge on any atom is 0.269 e. The number of hydrogen-bond acceptors (Lipinski definition) is 6. The van der Waals surface area contributed by atoms with Gasteiger partial charge >= 0.3 is 0 Å². The SMILES string of the molecule is CC(C)(C)c1ccc(-c2nc3cc(NC(=O)COc4ccc([N+](=O)[O-])cc4)ccc3o2)cc1. The number of anilines is 1. The number of nitrogens with zero attached hydrogens (tertiary/aromatic N) is 2. The Balaban J connectivity index is 1.41. The summed E-state index contributed by atoms with van der Waals surface area (Å²) < 4.78 is 11.3. The first kappa shape index (κ1) is 22.0. The molecule has 0 saturated heterocycles. The number of nitrogens with one attached hydrogen (secondary N) is 1. The van der Waals surface area contributed by atoms with Crippen molar-refractivity contribution in [3.8, 4) is 17.2 Å². The summed E-state index contributed by atoms with van der Waals surface area (Å²) in [5.41, 5.74) is 3.92. The highest BCUT2D eigenvalue weighted by molar-refractivity contribution is 5.94. The van der Waals surface area contributed by atoms with Crippen LogP contribution in [0.3, 0.4) is 0 Å². The third-order valence-electron chi connectivity index (χ3n) is 5.09. The first-order chi connectivity index (χ1) is 15.7. The Morgan fingerprint density at radius 2 is 1.76 bits per heavy atom. The Kier molecular flexibility index (Phi) is 5.83. The van der Waals surface area contributed by atoms with Gasteiger partial charge in [0.15, 0.2) is 12.2 Å². The Morgan fingerprint density at radius 3 is 2.39 bits per heavy atom. The second kappa shape index (κ2) is 8.74. The van der Waals surface area contributed by atoms with Crippen LogP contribution >= 0.6 is 0 Å². The maximum absolute atomic E-state index is 12.2. The van der Waals surface area contributed by atoms with E-state index >= 15 is 0 Å². The Morgan fingerprint density at radius 1 is 1.06 bits per heavy atom. The third kappa shape index (κ3) is 5.17. The number of amides is 1. The minimum Gasteiger partial charge on any atom is -0.484 e. The molecule has 33 heavy (non-hydrogen) atoms. The molecule has 4 rings (SSSR count). The predicted molar refractivity (Wildman–Crippen MR) is 125 cm³/mol. The molecule has 0 fully saturated rings. The van der Waals surface area contributed by atoms with Gasteiger partial charge in [-0.2, -0.15) is 0 Å². The number of carbonyl (C=O) groups excluding carboxylic acids is 1. The van der Waals surface area contributed by atoms with E-state index in [2.05, 4.69) is 43.2 Å². The van der Waals surface area contributed by atoms with Gasteiger partial charge in [0.1, 0.15) is 11.3 Å². The van der Waals surface area contributed by atoms with Gasteiger partial charge in [0, 0.05) is 23.4 Å². The molecule has 168 valence electrons. The van der Waals surface area contributed by atoms with Gasteiger partial charge in [-0.15, -0.1) is 0 Å². The van der Waals surface area contributed by atoms with Crippen molar-refractivity contribution < 1.29 is 18.9 Å². The molecule has 4 aromatic rings. The molecule has 0 radical (unpaired) electrons. The van der Waals surface area contributed by atoms with Crippen molar-refractivity contribution in [2.24, 2.45) is 0 Å². The van der Waals surface area contributed by atoms with Crippen molar-refractivity contribution in [3.05, 3.63) is 82.4 Å². The van der Waals surface area contributed by atoms with E-state index in [1.165, 1.54) is 29.8 Å². The lowest BCUT2D eigenvalue weighted by Crippen LogP contribution is -2.20. The lowest BCUT2D eigenvalue weighted by Gasteiger charge is -2.18. The molecular formula is C25H23N3O5. The summed E-state index contributed by atoms with van der Waals surface area (Å²) >= 11 is 0. The van der Waals surface area contributed by atoms with Crippen molar-refractivity contribution in [3.63, 3.8) is 0 Å². The van der Waals surface area contributed by atoms with Crippen molar-refractivity contribution >= 4 is 28.4 Å². The quantitative estimate of drug-likeness (QED) is 0.300. The summed E-state index contributed by atoms with van der Waals surface area (Å²) in [6, 6.07) is 18.9. The lowest BCUT2D eigenvalue weighted by atomic mass is 9.87. The zero-order chi connectivity index (χ0) is 23.6. The normalized spacial score (nSPS) is 11.4. The molecule has 0 unspecified atom stereocenters. The number of oxazole rings is 1. The number of aromatic nitrogens is 1. The first-order valence-corrected chi connectivity index (χ1v) is 10.4. The van der Waals surface area contributed by atoms with Crippen LogP contribution in [-0.4, -0.2) is 22.4 Å². The van der Waals surface area contributed by atoms with Crippen LogP contribution in [0.5, 0.6) is 5.75 Å². The van der Waals surface area contributed by atoms with Crippen LogP contribution in [0.25, 0.3) is 22.6 Å². The molecule has 1 heterocycles. The molecule has 0 saturated carbocycles. The molecular weight excluding hydrogens is 422 g/mol. The smallest absolute Gasteiger partial charge is 0.269 e. The Hall–Kier alpha value is -4.20. The van der Waals surface area contributed by atoms with E-state index in [9.17, 15) is 14.9 Å². The van der Waals surface area contributed by atoms with Gasteiger partial charge < -0.3 is 14.5 Å². The zero-order valence-electron chi connectivity index (χ0n) is 18.5. The minimum atomic E-state index is -0.497. The predicted octanol–water partition coefficient (Wildman–Crippen LogP) is 5.72. The second-order valence-electron chi connectivity index (χ2n) is 8.62. The number of non-ortho nitro benzene ring substituents is 1. The lowest BCUT2D eigenvalue weighted by molar-refractivity contribution is -0.384. The Bertz CT molecular complexity index is 1300. The largest absolute Gasteiger partial charge is 0.484 e. The number of hydrogen-bond donors (Lipinski definition) is 1. The average molecular weight is 445 g/mol. The van der Waals surface area contributed by atoms with Crippen molar-refractivity contribution in [2.75, 3.05) is 11.9 Å². The highest BCUT2D eigenvalue weighted by Gasteiger charge is 2.15. The fourth-order valence-corrected chi connectivity index (χ4v) is 3.25. The van der Waals surface area contributed by atoms with Crippen LogP contribution in [0.2, 0.25) is 0 Å². The van der Waals surface area contributed by atoms with E-state index in [-0.39, 0.29) is 23.6 Å². The third-order valence-corrected chi connectivity index (χ3v) is 5.09. The van der Waals surface area contributed by atoms with Crippen LogP contribution in [0.1, 0.15) is 26.3 Å². The topological polar surface area (TPSA) is 108 Å². The minimum absolute atomic E-state index is 0.0442. The summed E-state index contributed by atoms with van der Waals surface area (Å²) in [4.78, 5) is 27.0. The Labute approximate surface area is 190 Å². The van der Waals surface area contributed by atoms with Crippen LogP contribution in [0.15, 0.2) is 71.1 Å². The molecule has 3 aromatic carbocycles. The maximum atomic E-state index is 12.2. The van der Waals surface area contributed by atoms with Gasteiger partial charge in [-0.05, 0) is 53.4 Å². The van der Waals surface area contributed by atoms with Crippen molar-refractivity contribution in [1.82, 2.24) is 4.98 Å². The van der Waals surface area contributed by atoms with Crippen LogP contribution in [0, 0.1) is 10.1 Å². The molecule has 8 nitrogen and oxygen atoms in total. The van der Waals surface area contributed by atoms with E-state index in [4.69, 9.17) is 9.15 Å². The van der Waals surface area contributed by atoms with E-state index in [0.717, 1.165) is 5.56 Å². The van der Waals surface area contributed by atoms with E-state index in [0.29, 0.717) is 28.4 Å². The molecule has 1 aromatic heterocycles. The van der Waals surface area contributed by atoms with Gasteiger partial charge in [-0.3, -0.25) is 14.9 Å². The molecule has 0 aliphatic rings. The van der Waals surface area contributed by atoms with Gasteiger partial charge in [0.05, 0.1) is 4.92 Å². The van der Waals surface area contributed by atoms with Crippen LogP contribution in [0.4, 0.5) is 11.4 Å². The number of nitro benzene ring substituents is 1. The fraction of sp³-hybridized carbons (Fsp3) is 0.200. The first-order valence-electron chi connectivity index (χ1n) is 10.4. The van der Waals surface area contributed by atoms with Crippen LogP contribution in [-0.2, 0) is 10.2 Å². The van der Waals surface area contributed by atoms with Gasteiger partial charge in [0.25, 0.3) is 11.6 Å². The fourth-order valence-electron chi connectivity index (χ4n) is 3.25. The van der Waals surface area contributed by atoms with Gasteiger partial charge in [0.2, 0.25) is 5.89 Å². The van der Waals surface area contributed by atoms with Crippen LogP contribution < -0.4 is 10.1 Å². The summed E-state index contributed by atoms with van der Waals surface area (Å²) in [6.45, 7) is 6.25. The zero-order valence-corrected chi connectivity index (χ0v) is 18.5. The molecule has 0 aliphatic heterocycles. The average Bonchev–Trinajstić information content (AvgIpc) is 3.21. The summed E-state index contributed by atoms with van der Waals surface area (Å²) in [6.07, 6.45) is 0. The van der Waals surface area contributed by atoms with Gasteiger partial charge in [-0.25, -0.2) is 4.98 Å². The number of nitro groups is 1. The molecule has 0 atom stereocenters. The highest BCUT2D eigenvalue weighted by atomic mass is 16.6. The van der Waals surface area contributed by atoms with Crippen molar-refractivity contribution in [2.45, 2.75) is 26.2 Å². The number of benzene rings is 3. The highest BCUT2D eigenvalue weighted by Crippen LogP contribution is 2.29. The second-order valence-corrected chi connectivity index (χ2v) is 8.62. The molecule has 1 N–H and O–H groups in total. The summed E-state index contributed by atoms with van der Waals surface area (Å²) in [5.74, 6) is 0.509. The summed E-state index contributed by atoms with van der Waals surface area (Å²) in [5, 5.41) is 13.4. The van der Waals surface area contributed by atoms with E-state index in [1.807, 2.05) is 12.1 Å². The molecule has 0 aliphatic carbocycles. The number of ether oxygens (including phenoxy) is 1. The molecule has 0 spiro atoms. The number of rotatable bonds is 6. The number of fused-ring (bicyclic) bond motifs is 1. The van der Waals surface area contributed by atoms with Crippen molar-refractivity contribution in [1.29, 1.82) is 0 Å². The van der Waals surface area contributed by atoms with Gasteiger partial charge in [-0.1, -0.05) is 32.9 Å².